The molecule has 1 aliphatic carbocycles. The van der Waals surface area contributed by atoms with Gasteiger partial charge in [-0.3, -0.25) is 0 Å². The predicted molar refractivity (Wildman–Crippen MR) is 182 cm³/mol. The van der Waals surface area contributed by atoms with E-state index in [0.29, 0.717) is 17.5 Å². The number of benzene rings is 6. The minimum atomic E-state index is -0.153. The molecule has 4 heteroatoms. The fourth-order valence-corrected chi connectivity index (χ4v) is 6.76. The van der Waals surface area contributed by atoms with Gasteiger partial charge in [-0.05, 0) is 50.9 Å². The number of para-hydroxylation sites is 1. The molecule has 2 unspecified atom stereocenters. The van der Waals surface area contributed by atoms with Crippen molar-refractivity contribution in [1.29, 1.82) is 0 Å². The molecule has 2 heterocycles. The quantitative estimate of drug-likeness (QED) is 0.196. The number of hydrogen-bond donors (Lipinski definition) is 0. The van der Waals surface area contributed by atoms with Gasteiger partial charge in [0.15, 0.2) is 17.5 Å². The molecular weight excluding hydrogens is 550 g/mol. The van der Waals surface area contributed by atoms with Crippen LogP contribution in [0.5, 0.6) is 5.75 Å². The molecule has 7 aromatic rings. The Morgan fingerprint density at radius 2 is 1.09 bits per heavy atom. The van der Waals surface area contributed by atoms with E-state index in [0.717, 1.165) is 39.1 Å². The molecule has 4 nitrogen and oxygen atoms in total. The van der Waals surface area contributed by atoms with E-state index in [1.54, 1.807) is 0 Å². The summed E-state index contributed by atoms with van der Waals surface area (Å²) in [5, 5.41) is 4.90. The molecule has 0 spiro atoms. The van der Waals surface area contributed by atoms with Crippen molar-refractivity contribution in [1.82, 2.24) is 15.0 Å². The van der Waals surface area contributed by atoms with Crippen molar-refractivity contribution in [3.05, 3.63) is 169 Å². The van der Waals surface area contributed by atoms with E-state index < -0.39 is 0 Å². The maximum Gasteiger partial charge on any atom is 0.164 e. The van der Waals surface area contributed by atoms with Gasteiger partial charge in [-0.15, -0.1) is 0 Å². The normalized spacial score (nSPS) is 16.9. The minimum Gasteiger partial charge on any atom is -0.485 e. The Hall–Kier alpha value is -5.87. The predicted octanol–water partition coefficient (Wildman–Crippen LogP) is 9.54. The topological polar surface area (TPSA) is 47.9 Å². The first kappa shape index (κ1) is 25.6. The molecule has 2 aliphatic rings. The number of ether oxygens (including phenoxy) is 1. The van der Waals surface area contributed by atoms with Crippen LogP contribution in [-0.4, -0.2) is 21.1 Å². The summed E-state index contributed by atoms with van der Waals surface area (Å²) >= 11 is 0. The summed E-state index contributed by atoms with van der Waals surface area (Å²) < 4.78 is 6.51. The first-order valence-corrected chi connectivity index (χ1v) is 15.3. The van der Waals surface area contributed by atoms with E-state index in [9.17, 15) is 0 Å². The third-order valence-electron chi connectivity index (χ3n) is 8.90. The molecule has 9 rings (SSSR count). The highest BCUT2D eigenvalue weighted by molar-refractivity contribution is 6.10. The number of aromatic nitrogens is 3. The van der Waals surface area contributed by atoms with E-state index in [2.05, 4.69) is 109 Å². The lowest BCUT2D eigenvalue weighted by Crippen LogP contribution is -2.22. The minimum absolute atomic E-state index is 0.0703. The zero-order valence-electron chi connectivity index (χ0n) is 24.3. The Bertz CT molecular complexity index is 2250. The highest BCUT2D eigenvalue weighted by Gasteiger charge is 2.40. The van der Waals surface area contributed by atoms with Gasteiger partial charge in [0, 0.05) is 22.3 Å². The number of rotatable bonds is 4. The number of allylic oxidation sites excluding steroid dienone is 2. The maximum absolute atomic E-state index is 6.51. The van der Waals surface area contributed by atoms with Crippen LogP contribution in [0.1, 0.15) is 22.9 Å². The molecule has 0 saturated carbocycles. The molecule has 0 fully saturated rings. The van der Waals surface area contributed by atoms with Crippen LogP contribution >= 0.6 is 0 Å². The van der Waals surface area contributed by atoms with E-state index in [1.807, 2.05) is 42.5 Å². The molecule has 6 aromatic carbocycles. The van der Waals surface area contributed by atoms with Crippen LogP contribution in [0.4, 0.5) is 0 Å². The molecule has 0 amide bonds. The summed E-state index contributed by atoms with van der Waals surface area (Å²) in [7, 11) is 0. The van der Waals surface area contributed by atoms with Gasteiger partial charge >= 0.3 is 0 Å². The zero-order valence-corrected chi connectivity index (χ0v) is 24.3. The van der Waals surface area contributed by atoms with Crippen molar-refractivity contribution < 1.29 is 4.74 Å². The fourth-order valence-electron chi connectivity index (χ4n) is 6.76. The Labute approximate surface area is 261 Å². The third kappa shape index (κ3) is 4.34. The summed E-state index contributed by atoms with van der Waals surface area (Å²) in [6.45, 7) is 0. The second-order valence-corrected chi connectivity index (χ2v) is 11.5. The van der Waals surface area contributed by atoms with Crippen molar-refractivity contribution in [2.75, 3.05) is 0 Å². The van der Waals surface area contributed by atoms with Crippen LogP contribution in [0.25, 0.3) is 55.5 Å². The molecular formula is C41H27N3O. The summed E-state index contributed by atoms with van der Waals surface area (Å²) in [6.07, 6.45) is 4.23. The first-order chi connectivity index (χ1) is 22.3. The van der Waals surface area contributed by atoms with Crippen molar-refractivity contribution in [3.63, 3.8) is 0 Å². The molecule has 0 bridgehead atoms. The number of fused-ring (bicyclic) bond motifs is 6. The summed E-state index contributed by atoms with van der Waals surface area (Å²) in [6, 6.07) is 48.4. The Morgan fingerprint density at radius 1 is 0.489 bits per heavy atom. The molecule has 1 aliphatic heterocycles. The average Bonchev–Trinajstić information content (AvgIpc) is 3.50. The van der Waals surface area contributed by atoms with Gasteiger partial charge in [0.05, 0.1) is 5.92 Å². The van der Waals surface area contributed by atoms with E-state index in [4.69, 9.17) is 19.7 Å². The largest absolute Gasteiger partial charge is 0.485 e. The maximum atomic E-state index is 6.51. The first-order valence-electron chi connectivity index (χ1n) is 15.3. The molecule has 2 atom stereocenters. The smallest absolute Gasteiger partial charge is 0.164 e. The zero-order chi connectivity index (χ0) is 29.7. The van der Waals surface area contributed by atoms with Gasteiger partial charge in [-0.1, -0.05) is 133 Å². The lowest BCUT2D eigenvalue weighted by Gasteiger charge is -2.26. The molecule has 1 aromatic heterocycles. The van der Waals surface area contributed by atoms with Gasteiger partial charge in [0.25, 0.3) is 0 Å². The standard InChI is InChI=1S/C41H27N3O/c1-3-12-28(13-4-1)39-42-40(29-14-5-2-6-15-29)44-41(43-39)38-32(23-24-36-37(38)33-17-9-10-18-35(33)45-36)30-22-21-27-20-19-26-11-7-8-16-31(26)34(27)25-30/h1-25,36-37H. The molecule has 45 heavy (non-hydrogen) atoms. The molecule has 0 radical (unpaired) electrons. The van der Waals surface area contributed by atoms with Gasteiger partial charge in [0.2, 0.25) is 0 Å². The van der Waals surface area contributed by atoms with Crippen LogP contribution in [0, 0.1) is 0 Å². The van der Waals surface area contributed by atoms with E-state index in [1.165, 1.54) is 21.5 Å². The Kier molecular flexibility index (Phi) is 5.91. The van der Waals surface area contributed by atoms with Gasteiger partial charge in [-0.25, -0.2) is 15.0 Å². The lowest BCUT2D eigenvalue weighted by atomic mass is 9.79. The van der Waals surface area contributed by atoms with Gasteiger partial charge < -0.3 is 4.74 Å². The van der Waals surface area contributed by atoms with Crippen LogP contribution in [0.2, 0.25) is 0 Å². The van der Waals surface area contributed by atoms with E-state index >= 15 is 0 Å². The Morgan fingerprint density at radius 3 is 1.84 bits per heavy atom. The monoisotopic (exact) mass is 577 g/mol. The average molecular weight is 578 g/mol. The lowest BCUT2D eigenvalue weighted by molar-refractivity contribution is 0.271. The van der Waals surface area contributed by atoms with Gasteiger partial charge in [0.1, 0.15) is 11.9 Å². The van der Waals surface area contributed by atoms with E-state index in [-0.39, 0.29) is 12.0 Å². The van der Waals surface area contributed by atoms with Gasteiger partial charge in [-0.2, -0.15) is 0 Å². The summed E-state index contributed by atoms with van der Waals surface area (Å²) in [5.41, 5.74) is 6.30. The van der Waals surface area contributed by atoms with Crippen LogP contribution in [0.3, 0.4) is 0 Å². The summed E-state index contributed by atoms with van der Waals surface area (Å²) in [5.74, 6) is 2.79. The van der Waals surface area contributed by atoms with Crippen molar-refractivity contribution in [3.8, 4) is 28.5 Å². The third-order valence-corrected chi connectivity index (χ3v) is 8.90. The SMILES string of the molecule is C1=CC2Oc3ccccc3C2C(c2nc(-c3ccccc3)nc(-c3ccccc3)n2)=C1c1ccc2ccc3ccccc3c2c1. The second-order valence-electron chi connectivity index (χ2n) is 11.5. The highest BCUT2D eigenvalue weighted by atomic mass is 16.5. The summed E-state index contributed by atoms with van der Waals surface area (Å²) in [4.78, 5) is 15.4. The van der Waals surface area contributed by atoms with Crippen molar-refractivity contribution >= 4 is 32.7 Å². The van der Waals surface area contributed by atoms with Crippen LogP contribution in [0.15, 0.2) is 152 Å². The number of hydrogen-bond acceptors (Lipinski definition) is 4. The Balaban J connectivity index is 1.34. The molecule has 212 valence electrons. The van der Waals surface area contributed by atoms with Crippen LogP contribution in [-0.2, 0) is 0 Å². The molecule has 0 saturated heterocycles. The molecule has 0 N–H and O–H groups in total. The van der Waals surface area contributed by atoms with Crippen LogP contribution < -0.4 is 4.74 Å². The van der Waals surface area contributed by atoms with Crippen molar-refractivity contribution in [2.24, 2.45) is 0 Å². The second kappa shape index (κ2) is 10.4. The highest BCUT2D eigenvalue weighted by Crippen LogP contribution is 2.51. The number of nitrogens with zero attached hydrogens (tertiary/aromatic N) is 3. The van der Waals surface area contributed by atoms with Crippen molar-refractivity contribution in [2.45, 2.75) is 12.0 Å². The fraction of sp³-hybridized carbons (Fsp3) is 0.0488.